The summed E-state index contributed by atoms with van der Waals surface area (Å²) in [6.45, 7) is 11.2. The van der Waals surface area contributed by atoms with Gasteiger partial charge in [-0.05, 0) is 43.9 Å². The first-order chi connectivity index (χ1) is 9.95. The molecular formula is C18H34N2O. The molecule has 0 aromatic heterocycles. The van der Waals surface area contributed by atoms with Crippen LogP contribution in [0.25, 0.3) is 0 Å². The smallest absolute Gasteiger partial charge is 0.241 e. The number of amides is 1. The molecule has 1 aliphatic heterocycles. The third-order valence-electron chi connectivity index (χ3n) is 5.66. The van der Waals surface area contributed by atoms with Crippen LogP contribution < -0.4 is 5.32 Å². The number of carbonyl (C=O) groups excluding carboxylic acids is 1. The van der Waals surface area contributed by atoms with E-state index in [1.54, 1.807) is 0 Å². The Morgan fingerprint density at radius 1 is 1.19 bits per heavy atom. The molecule has 1 amide bonds. The summed E-state index contributed by atoms with van der Waals surface area (Å²) >= 11 is 0. The summed E-state index contributed by atoms with van der Waals surface area (Å²) in [5, 5.41) is 3.65. The van der Waals surface area contributed by atoms with Gasteiger partial charge in [0.05, 0.1) is 12.2 Å². The number of hydrogen-bond acceptors (Lipinski definition) is 2. The second-order valence-corrected chi connectivity index (χ2v) is 7.71. The van der Waals surface area contributed by atoms with Crippen molar-refractivity contribution >= 4 is 5.91 Å². The number of hydrogen-bond donors (Lipinski definition) is 1. The molecule has 0 spiro atoms. The second kappa shape index (κ2) is 7.13. The quantitative estimate of drug-likeness (QED) is 0.808. The SMILES string of the molecule is CCC(C)C1NC(CC(C)C)N(C(C)C2CCCC2)C1=O. The molecule has 3 nitrogen and oxygen atoms in total. The molecule has 1 heterocycles. The Morgan fingerprint density at radius 2 is 1.81 bits per heavy atom. The van der Waals surface area contributed by atoms with Crippen LogP contribution in [0, 0.1) is 17.8 Å². The van der Waals surface area contributed by atoms with Crippen LogP contribution in [-0.4, -0.2) is 29.1 Å². The number of nitrogens with one attached hydrogen (secondary N) is 1. The standard InChI is InChI=1S/C18H34N2O/c1-6-13(4)17-18(21)20(16(19-17)11-12(2)3)14(5)15-9-7-8-10-15/h12-17,19H,6-11H2,1-5H3. The summed E-state index contributed by atoms with van der Waals surface area (Å²) in [5.74, 6) is 2.10. The molecule has 0 radical (unpaired) electrons. The summed E-state index contributed by atoms with van der Waals surface area (Å²) in [5.41, 5.74) is 0. The summed E-state index contributed by atoms with van der Waals surface area (Å²) in [4.78, 5) is 15.2. The maximum atomic E-state index is 13.0. The van der Waals surface area contributed by atoms with Gasteiger partial charge in [0, 0.05) is 6.04 Å². The van der Waals surface area contributed by atoms with E-state index in [1.165, 1.54) is 25.7 Å². The van der Waals surface area contributed by atoms with Gasteiger partial charge < -0.3 is 4.90 Å². The van der Waals surface area contributed by atoms with Crippen LogP contribution in [0.3, 0.4) is 0 Å². The molecule has 1 aliphatic carbocycles. The van der Waals surface area contributed by atoms with Crippen molar-refractivity contribution < 1.29 is 4.79 Å². The molecule has 1 saturated carbocycles. The maximum Gasteiger partial charge on any atom is 0.241 e. The highest BCUT2D eigenvalue weighted by Crippen LogP contribution is 2.34. The van der Waals surface area contributed by atoms with Crippen molar-refractivity contribution in [3.8, 4) is 0 Å². The highest BCUT2D eigenvalue weighted by atomic mass is 16.2. The van der Waals surface area contributed by atoms with Crippen molar-refractivity contribution in [2.45, 2.75) is 91.4 Å². The third kappa shape index (κ3) is 3.61. The zero-order valence-corrected chi connectivity index (χ0v) is 14.6. The van der Waals surface area contributed by atoms with E-state index in [0.29, 0.717) is 29.7 Å². The monoisotopic (exact) mass is 294 g/mol. The van der Waals surface area contributed by atoms with Crippen molar-refractivity contribution in [3.63, 3.8) is 0 Å². The summed E-state index contributed by atoms with van der Waals surface area (Å²) in [6, 6.07) is 0.424. The molecule has 4 unspecified atom stereocenters. The topological polar surface area (TPSA) is 32.3 Å². The Hall–Kier alpha value is -0.570. The predicted octanol–water partition coefficient (Wildman–Crippen LogP) is 3.78. The highest BCUT2D eigenvalue weighted by molar-refractivity contribution is 5.85. The maximum absolute atomic E-state index is 13.0. The summed E-state index contributed by atoms with van der Waals surface area (Å²) < 4.78 is 0. The molecular weight excluding hydrogens is 260 g/mol. The fraction of sp³-hybridized carbons (Fsp3) is 0.944. The van der Waals surface area contributed by atoms with Crippen molar-refractivity contribution in [3.05, 3.63) is 0 Å². The molecule has 1 saturated heterocycles. The molecule has 122 valence electrons. The largest absolute Gasteiger partial charge is 0.323 e. The summed E-state index contributed by atoms with van der Waals surface area (Å²) in [7, 11) is 0. The molecule has 21 heavy (non-hydrogen) atoms. The van der Waals surface area contributed by atoms with Crippen molar-refractivity contribution in [1.29, 1.82) is 0 Å². The van der Waals surface area contributed by atoms with Crippen LogP contribution >= 0.6 is 0 Å². The Labute approximate surface area is 130 Å². The van der Waals surface area contributed by atoms with Gasteiger partial charge in [-0.3, -0.25) is 10.1 Å². The minimum absolute atomic E-state index is 0.0302. The fourth-order valence-corrected chi connectivity index (χ4v) is 4.10. The van der Waals surface area contributed by atoms with Gasteiger partial charge in [0.25, 0.3) is 0 Å². The first kappa shape index (κ1) is 16.8. The average Bonchev–Trinajstić information content (AvgIpc) is 3.05. The minimum Gasteiger partial charge on any atom is -0.323 e. The zero-order chi connectivity index (χ0) is 15.6. The van der Waals surface area contributed by atoms with Crippen LogP contribution in [0.1, 0.15) is 73.1 Å². The summed E-state index contributed by atoms with van der Waals surface area (Å²) in [6.07, 6.45) is 7.65. The molecule has 2 rings (SSSR count). The van der Waals surface area contributed by atoms with Gasteiger partial charge in [-0.1, -0.05) is 47.0 Å². The lowest BCUT2D eigenvalue weighted by molar-refractivity contribution is -0.134. The van der Waals surface area contributed by atoms with E-state index in [2.05, 4.69) is 44.8 Å². The van der Waals surface area contributed by atoms with E-state index in [0.717, 1.165) is 12.8 Å². The second-order valence-electron chi connectivity index (χ2n) is 7.71. The zero-order valence-electron chi connectivity index (χ0n) is 14.6. The normalized spacial score (nSPS) is 30.4. The molecule has 0 bridgehead atoms. The minimum atomic E-state index is 0.0302. The average molecular weight is 294 g/mol. The van der Waals surface area contributed by atoms with E-state index < -0.39 is 0 Å². The van der Waals surface area contributed by atoms with Crippen LogP contribution in [0.5, 0.6) is 0 Å². The predicted molar refractivity (Wildman–Crippen MR) is 87.9 cm³/mol. The van der Waals surface area contributed by atoms with Crippen LogP contribution in [0.15, 0.2) is 0 Å². The van der Waals surface area contributed by atoms with E-state index in [9.17, 15) is 4.79 Å². The van der Waals surface area contributed by atoms with Gasteiger partial charge in [0.1, 0.15) is 0 Å². The Balaban J connectivity index is 2.14. The molecule has 3 heteroatoms. The lowest BCUT2D eigenvalue weighted by Crippen LogP contribution is -2.46. The van der Waals surface area contributed by atoms with E-state index in [1.807, 2.05) is 0 Å². The van der Waals surface area contributed by atoms with Gasteiger partial charge in [-0.25, -0.2) is 0 Å². The van der Waals surface area contributed by atoms with E-state index in [-0.39, 0.29) is 12.2 Å². The molecule has 2 aliphatic rings. The van der Waals surface area contributed by atoms with Gasteiger partial charge in [-0.2, -0.15) is 0 Å². The van der Waals surface area contributed by atoms with E-state index >= 15 is 0 Å². The lowest BCUT2D eigenvalue weighted by atomic mass is 9.95. The molecule has 0 aromatic rings. The number of nitrogens with zero attached hydrogens (tertiary/aromatic N) is 1. The first-order valence-electron chi connectivity index (χ1n) is 9.03. The molecule has 2 fully saturated rings. The molecule has 0 aromatic carbocycles. The van der Waals surface area contributed by atoms with Crippen molar-refractivity contribution in [2.24, 2.45) is 17.8 Å². The Morgan fingerprint density at radius 3 is 2.33 bits per heavy atom. The number of rotatable bonds is 6. The van der Waals surface area contributed by atoms with Crippen molar-refractivity contribution in [1.82, 2.24) is 10.2 Å². The van der Waals surface area contributed by atoms with Crippen LogP contribution in [0.4, 0.5) is 0 Å². The fourth-order valence-electron chi connectivity index (χ4n) is 4.10. The molecule has 4 atom stereocenters. The molecule has 1 N–H and O–H groups in total. The van der Waals surface area contributed by atoms with Gasteiger partial charge in [0.2, 0.25) is 5.91 Å². The Kier molecular flexibility index (Phi) is 5.70. The highest BCUT2D eigenvalue weighted by Gasteiger charge is 2.44. The lowest BCUT2D eigenvalue weighted by Gasteiger charge is -2.35. The van der Waals surface area contributed by atoms with Crippen LogP contribution in [-0.2, 0) is 4.79 Å². The third-order valence-corrected chi connectivity index (χ3v) is 5.66. The van der Waals surface area contributed by atoms with Gasteiger partial charge in [0.15, 0.2) is 0 Å². The van der Waals surface area contributed by atoms with Crippen LogP contribution in [0.2, 0.25) is 0 Å². The Bertz CT molecular complexity index is 349. The number of carbonyl (C=O) groups is 1. The first-order valence-corrected chi connectivity index (χ1v) is 9.03. The van der Waals surface area contributed by atoms with Gasteiger partial charge in [-0.15, -0.1) is 0 Å². The van der Waals surface area contributed by atoms with Gasteiger partial charge >= 0.3 is 0 Å². The van der Waals surface area contributed by atoms with Crippen molar-refractivity contribution in [2.75, 3.05) is 0 Å². The van der Waals surface area contributed by atoms with E-state index in [4.69, 9.17) is 0 Å².